The molecule has 0 bridgehead atoms. The van der Waals surface area contributed by atoms with Crippen molar-refractivity contribution in [3.8, 4) is 17.1 Å². The smallest absolute Gasteiger partial charge is 0.241 e. The molecule has 0 radical (unpaired) electrons. The van der Waals surface area contributed by atoms with Crippen LogP contribution in [0.1, 0.15) is 26.7 Å². The third-order valence-electron chi connectivity index (χ3n) is 4.46. The van der Waals surface area contributed by atoms with Crippen LogP contribution in [0.2, 0.25) is 0 Å². The molecule has 0 N–H and O–H groups in total. The first-order valence-electron chi connectivity index (χ1n) is 8.85. The van der Waals surface area contributed by atoms with Gasteiger partial charge in [0.1, 0.15) is 5.75 Å². The fraction of sp³-hybridized carbons (Fsp3) is 0.526. The average Bonchev–Trinajstić information content (AvgIpc) is 3.09. The highest BCUT2D eigenvalue weighted by Crippen LogP contribution is 2.22. The molecule has 1 amide bonds. The van der Waals surface area contributed by atoms with E-state index >= 15 is 0 Å². The maximum Gasteiger partial charge on any atom is 0.241 e. The van der Waals surface area contributed by atoms with Gasteiger partial charge in [0.05, 0.1) is 13.7 Å². The van der Waals surface area contributed by atoms with Gasteiger partial charge in [0.15, 0.2) is 0 Å². The number of hydrogen-bond donors (Lipinski definition) is 0. The second-order valence-electron chi connectivity index (χ2n) is 7.56. The van der Waals surface area contributed by atoms with Crippen molar-refractivity contribution in [2.45, 2.75) is 27.3 Å². The van der Waals surface area contributed by atoms with Crippen LogP contribution in [0.3, 0.4) is 0 Å². The topological polar surface area (TPSA) is 71.7 Å². The van der Waals surface area contributed by atoms with Gasteiger partial charge in [-0.05, 0) is 12.1 Å². The highest BCUT2D eigenvalue weighted by Gasteiger charge is 2.30. The molecule has 3 rings (SSSR count). The first-order valence-corrected chi connectivity index (χ1v) is 8.85. The molecule has 1 aromatic carbocycles. The minimum Gasteiger partial charge on any atom is -0.497 e. The Morgan fingerprint density at radius 3 is 2.62 bits per heavy atom. The molecular weight excluding hydrogens is 332 g/mol. The molecule has 1 aromatic heterocycles. The molecule has 0 unspecified atom stereocenters. The highest BCUT2D eigenvalue weighted by atomic mass is 16.5. The second kappa shape index (κ2) is 7.45. The summed E-state index contributed by atoms with van der Waals surface area (Å²) in [6, 6.07) is 7.58. The molecule has 0 spiro atoms. The SMILES string of the molecule is COc1cccc(-c2noc(CN3CCN(C(=O)C(C)(C)C)CC3)n2)c1. The van der Waals surface area contributed by atoms with Crippen LogP contribution in [0.25, 0.3) is 11.4 Å². The summed E-state index contributed by atoms with van der Waals surface area (Å²) in [6.07, 6.45) is 0. The van der Waals surface area contributed by atoms with Crippen LogP contribution in [0.4, 0.5) is 0 Å². The third kappa shape index (κ3) is 4.22. The number of benzene rings is 1. The number of amides is 1. The van der Waals surface area contributed by atoms with Crippen molar-refractivity contribution in [1.82, 2.24) is 19.9 Å². The summed E-state index contributed by atoms with van der Waals surface area (Å²) in [5.41, 5.74) is 0.528. The number of aromatic nitrogens is 2. The zero-order valence-corrected chi connectivity index (χ0v) is 15.9. The highest BCUT2D eigenvalue weighted by molar-refractivity contribution is 5.81. The number of hydrogen-bond acceptors (Lipinski definition) is 6. The van der Waals surface area contributed by atoms with E-state index in [1.165, 1.54) is 0 Å². The van der Waals surface area contributed by atoms with Gasteiger partial charge in [-0.25, -0.2) is 0 Å². The summed E-state index contributed by atoms with van der Waals surface area (Å²) in [6.45, 7) is 9.53. The molecule has 1 aliphatic rings. The summed E-state index contributed by atoms with van der Waals surface area (Å²) in [5.74, 6) is 2.10. The van der Waals surface area contributed by atoms with Gasteiger partial charge in [0, 0.05) is 37.2 Å². The van der Waals surface area contributed by atoms with Gasteiger partial charge >= 0.3 is 0 Å². The molecule has 2 aromatic rings. The van der Waals surface area contributed by atoms with Crippen molar-refractivity contribution in [1.29, 1.82) is 0 Å². The maximum absolute atomic E-state index is 12.4. The van der Waals surface area contributed by atoms with E-state index in [-0.39, 0.29) is 11.3 Å². The van der Waals surface area contributed by atoms with Crippen molar-refractivity contribution in [2.75, 3.05) is 33.3 Å². The quantitative estimate of drug-likeness (QED) is 0.836. The normalized spacial score (nSPS) is 15.9. The second-order valence-corrected chi connectivity index (χ2v) is 7.56. The van der Waals surface area contributed by atoms with Crippen LogP contribution < -0.4 is 4.74 Å². The van der Waals surface area contributed by atoms with Gasteiger partial charge in [0.25, 0.3) is 0 Å². The Morgan fingerprint density at radius 1 is 1.23 bits per heavy atom. The molecular formula is C19H26N4O3. The maximum atomic E-state index is 12.4. The Morgan fingerprint density at radius 2 is 1.96 bits per heavy atom. The van der Waals surface area contributed by atoms with Crippen molar-refractivity contribution >= 4 is 5.91 Å². The van der Waals surface area contributed by atoms with Crippen molar-refractivity contribution in [2.24, 2.45) is 5.41 Å². The summed E-state index contributed by atoms with van der Waals surface area (Å²) >= 11 is 0. The van der Waals surface area contributed by atoms with E-state index < -0.39 is 0 Å². The van der Waals surface area contributed by atoms with E-state index in [1.54, 1.807) is 7.11 Å². The summed E-state index contributed by atoms with van der Waals surface area (Å²) in [7, 11) is 1.63. The fourth-order valence-corrected chi connectivity index (χ4v) is 2.97. The van der Waals surface area contributed by atoms with Gasteiger partial charge in [-0.3, -0.25) is 9.69 Å². The minimum atomic E-state index is -0.333. The largest absolute Gasteiger partial charge is 0.497 e. The lowest BCUT2D eigenvalue weighted by molar-refractivity contribution is -0.141. The molecule has 7 nitrogen and oxygen atoms in total. The van der Waals surface area contributed by atoms with Crippen LogP contribution in [0.15, 0.2) is 28.8 Å². The molecule has 140 valence electrons. The molecule has 7 heteroatoms. The van der Waals surface area contributed by atoms with Crippen molar-refractivity contribution in [3.05, 3.63) is 30.2 Å². The average molecular weight is 358 g/mol. The summed E-state index contributed by atoms with van der Waals surface area (Å²) in [5, 5.41) is 4.07. The Kier molecular flexibility index (Phi) is 5.27. The van der Waals surface area contributed by atoms with Gasteiger partial charge < -0.3 is 14.2 Å². The number of carbonyl (C=O) groups excluding carboxylic acids is 1. The van der Waals surface area contributed by atoms with Crippen molar-refractivity contribution in [3.63, 3.8) is 0 Å². The molecule has 1 saturated heterocycles. The van der Waals surface area contributed by atoms with Gasteiger partial charge in [0.2, 0.25) is 17.6 Å². The van der Waals surface area contributed by atoms with Crippen LogP contribution in [0.5, 0.6) is 5.75 Å². The number of ether oxygens (including phenoxy) is 1. The Balaban J connectivity index is 1.58. The van der Waals surface area contributed by atoms with E-state index in [9.17, 15) is 4.79 Å². The molecule has 26 heavy (non-hydrogen) atoms. The number of methoxy groups -OCH3 is 1. The monoisotopic (exact) mass is 358 g/mol. The van der Waals surface area contributed by atoms with E-state index in [2.05, 4.69) is 15.0 Å². The zero-order valence-electron chi connectivity index (χ0n) is 15.9. The zero-order chi connectivity index (χ0) is 18.7. The lowest BCUT2D eigenvalue weighted by atomic mass is 9.94. The van der Waals surface area contributed by atoms with Crippen LogP contribution in [0, 0.1) is 5.41 Å². The van der Waals surface area contributed by atoms with Gasteiger partial charge in [-0.2, -0.15) is 4.98 Å². The standard InChI is InChI=1S/C19H26N4O3/c1-19(2,3)18(24)23-10-8-22(9-11-23)13-16-20-17(21-26-16)14-6-5-7-15(12-14)25-4/h5-7,12H,8-11,13H2,1-4H3. The van der Waals surface area contributed by atoms with E-state index in [1.807, 2.05) is 49.9 Å². The fourth-order valence-electron chi connectivity index (χ4n) is 2.97. The van der Waals surface area contributed by atoms with E-state index in [0.717, 1.165) is 37.5 Å². The number of rotatable bonds is 4. The molecule has 2 heterocycles. The molecule has 1 fully saturated rings. The predicted molar refractivity (Wildman–Crippen MR) is 97.6 cm³/mol. The van der Waals surface area contributed by atoms with Crippen LogP contribution in [-0.4, -0.2) is 59.1 Å². The molecule has 0 aliphatic carbocycles. The Labute approximate surface area is 153 Å². The molecule has 0 atom stereocenters. The van der Waals surface area contributed by atoms with Crippen LogP contribution >= 0.6 is 0 Å². The number of piperazine rings is 1. The first kappa shape index (κ1) is 18.4. The van der Waals surface area contributed by atoms with E-state index in [4.69, 9.17) is 9.26 Å². The first-order chi connectivity index (χ1) is 12.4. The Bertz CT molecular complexity index is 758. The van der Waals surface area contributed by atoms with Crippen molar-refractivity contribution < 1.29 is 14.1 Å². The predicted octanol–water partition coefficient (Wildman–Crippen LogP) is 2.44. The lowest BCUT2D eigenvalue weighted by Gasteiger charge is -2.37. The minimum absolute atomic E-state index is 0.204. The number of nitrogens with zero attached hydrogens (tertiary/aromatic N) is 4. The van der Waals surface area contributed by atoms with E-state index in [0.29, 0.717) is 18.3 Å². The molecule has 1 aliphatic heterocycles. The third-order valence-corrected chi connectivity index (χ3v) is 4.46. The van der Waals surface area contributed by atoms with Crippen LogP contribution in [-0.2, 0) is 11.3 Å². The summed E-state index contributed by atoms with van der Waals surface area (Å²) < 4.78 is 10.6. The Hall–Kier alpha value is -2.41. The lowest BCUT2D eigenvalue weighted by Crippen LogP contribution is -2.51. The number of carbonyl (C=O) groups is 1. The van der Waals surface area contributed by atoms with Gasteiger partial charge in [-0.1, -0.05) is 38.1 Å². The molecule has 0 saturated carbocycles. The van der Waals surface area contributed by atoms with Gasteiger partial charge in [-0.15, -0.1) is 0 Å². The summed E-state index contributed by atoms with van der Waals surface area (Å²) in [4.78, 5) is 21.0.